The summed E-state index contributed by atoms with van der Waals surface area (Å²) in [6, 6.07) is 6.81. The van der Waals surface area contributed by atoms with Gasteiger partial charge in [0.25, 0.3) is 0 Å². The van der Waals surface area contributed by atoms with Crippen LogP contribution in [0, 0.1) is 5.92 Å². The van der Waals surface area contributed by atoms with E-state index in [9.17, 15) is 14.7 Å². The first-order valence-corrected chi connectivity index (χ1v) is 7.19. The third kappa shape index (κ3) is 4.86. The van der Waals surface area contributed by atoms with Gasteiger partial charge >= 0.3 is 5.97 Å². The van der Waals surface area contributed by atoms with Gasteiger partial charge in [-0.15, -0.1) is 0 Å². The maximum absolute atomic E-state index is 11.4. The molecule has 2 rings (SSSR count). The standard InChI is InChI=1S/C16H20O5/c17-13-5-1-3-11(7-13)10-21-14-6-2-4-12(8-14)15(18)9-16(19)20/h2,4,6,8,11,15,18H,1,3,5,7,9-10H2,(H,19,20). The van der Waals surface area contributed by atoms with Gasteiger partial charge in [-0.1, -0.05) is 12.1 Å². The van der Waals surface area contributed by atoms with Crippen LogP contribution in [0.4, 0.5) is 0 Å². The van der Waals surface area contributed by atoms with Gasteiger partial charge in [0.1, 0.15) is 11.5 Å². The van der Waals surface area contributed by atoms with Gasteiger partial charge in [-0.3, -0.25) is 9.59 Å². The molecule has 2 unspecified atom stereocenters. The fourth-order valence-electron chi connectivity index (χ4n) is 2.57. The summed E-state index contributed by atoms with van der Waals surface area (Å²) in [7, 11) is 0. The molecule has 0 bridgehead atoms. The highest BCUT2D eigenvalue weighted by molar-refractivity contribution is 5.79. The third-order valence-corrected chi connectivity index (χ3v) is 3.68. The maximum Gasteiger partial charge on any atom is 0.306 e. The number of ketones is 1. The molecule has 21 heavy (non-hydrogen) atoms. The Balaban J connectivity index is 1.91. The zero-order valence-electron chi connectivity index (χ0n) is 11.8. The molecule has 5 heteroatoms. The van der Waals surface area contributed by atoms with Crippen molar-refractivity contribution in [1.82, 2.24) is 0 Å². The minimum Gasteiger partial charge on any atom is -0.493 e. The van der Waals surface area contributed by atoms with Crippen molar-refractivity contribution in [3.8, 4) is 5.75 Å². The first-order chi connectivity index (χ1) is 10.0. The van der Waals surface area contributed by atoms with Gasteiger partial charge < -0.3 is 14.9 Å². The van der Waals surface area contributed by atoms with E-state index < -0.39 is 12.1 Å². The molecule has 0 amide bonds. The molecule has 2 atom stereocenters. The molecule has 5 nitrogen and oxygen atoms in total. The number of benzene rings is 1. The van der Waals surface area contributed by atoms with E-state index in [-0.39, 0.29) is 12.3 Å². The van der Waals surface area contributed by atoms with E-state index >= 15 is 0 Å². The molecule has 2 N–H and O–H groups in total. The number of ether oxygens (including phenoxy) is 1. The van der Waals surface area contributed by atoms with Gasteiger partial charge in [0.05, 0.1) is 19.1 Å². The lowest BCUT2D eigenvalue weighted by Gasteiger charge is -2.21. The van der Waals surface area contributed by atoms with E-state index in [1.54, 1.807) is 24.3 Å². The van der Waals surface area contributed by atoms with Crippen molar-refractivity contribution >= 4 is 11.8 Å². The summed E-state index contributed by atoms with van der Waals surface area (Å²) in [4.78, 5) is 22.0. The van der Waals surface area contributed by atoms with E-state index in [4.69, 9.17) is 9.84 Å². The van der Waals surface area contributed by atoms with Crippen LogP contribution in [0.5, 0.6) is 5.75 Å². The number of carboxylic acids is 1. The van der Waals surface area contributed by atoms with Gasteiger partial charge in [-0.25, -0.2) is 0 Å². The Morgan fingerprint density at radius 2 is 2.24 bits per heavy atom. The predicted octanol–water partition coefficient (Wildman–Crippen LogP) is 2.33. The van der Waals surface area contributed by atoms with E-state index in [1.165, 1.54) is 0 Å². The minimum atomic E-state index is -1.05. The van der Waals surface area contributed by atoms with Crippen molar-refractivity contribution in [2.45, 2.75) is 38.2 Å². The summed E-state index contributed by atoms with van der Waals surface area (Å²) in [6.07, 6.45) is 1.79. The predicted molar refractivity (Wildman–Crippen MR) is 76.1 cm³/mol. The lowest BCUT2D eigenvalue weighted by atomic mass is 9.89. The molecule has 0 spiro atoms. The summed E-state index contributed by atoms with van der Waals surface area (Å²) >= 11 is 0. The maximum atomic E-state index is 11.4. The second kappa shape index (κ2) is 7.22. The lowest BCUT2D eigenvalue weighted by molar-refractivity contribution is -0.139. The van der Waals surface area contributed by atoms with Crippen LogP contribution in [0.1, 0.15) is 43.8 Å². The first-order valence-electron chi connectivity index (χ1n) is 7.19. The molecular weight excluding hydrogens is 272 g/mol. The molecule has 0 heterocycles. The zero-order valence-corrected chi connectivity index (χ0v) is 11.8. The number of Topliss-reactive ketones (excluding diaryl/α,β-unsaturated/α-hetero) is 1. The summed E-state index contributed by atoms with van der Waals surface area (Å²) in [6.45, 7) is 0.476. The van der Waals surface area contributed by atoms with Crippen molar-refractivity contribution in [3.05, 3.63) is 29.8 Å². The molecule has 0 saturated heterocycles. The topological polar surface area (TPSA) is 83.8 Å². The van der Waals surface area contributed by atoms with Crippen molar-refractivity contribution in [1.29, 1.82) is 0 Å². The number of carbonyl (C=O) groups is 2. The largest absolute Gasteiger partial charge is 0.493 e. The molecule has 0 aliphatic heterocycles. The number of hydrogen-bond acceptors (Lipinski definition) is 4. The Morgan fingerprint density at radius 3 is 2.95 bits per heavy atom. The second-order valence-corrected chi connectivity index (χ2v) is 5.50. The number of carboxylic acid groups (broad SMARTS) is 1. The number of carbonyl (C=O) groups excluding carboxylic acids is 1. The quantitative estimate of drug-likeness (QED) is 0.840. The van der Waals surface area contributed by atoms with E-state index in [0.29, 0.717) is 36.5 Å². The van der Waals surface area contributed by atoms with Crippen LogP contribution in [0.15, 0.2) is 24.3 Å². The third-order valence-electron chi connectivity index (χ3n) is 3.68. The highest BCUT2D eigenvalue weighted by Crippen LogP contribution is 2.25. The van der Waals surface area contributed by atoms with E-state index in [2.05, 4.69) is 0 Å². The van der Waals surface area contributed by atoms with Crippen molar-refractivity contribution in [2.75, 3.05) is 6.61 Å². The van der Waals surface area contributed by atoms with Crippen LogP contribution in [0.25, 0.3) is 0 Å². The van der Waals surface area contributed by atoms with Gasteiger partial charge in [-0.05, 0) is 36.5 Å². The van der Waals surface area contributed by atoms with Crippen molar-refractivity contribution in [3.63, 3.8) is 0 Å². The summed E-state index contributed by atoms with van der Waals surface area (Å²) < 4.78 is 5.68. The molecule has 1 aromatic rings. The molecule has 1 aliphatic carbocycles. The molecule has 0 aromatic heterocycles. The fraction of sp³-hybridized carbons (Fsp3) is 0.500. The number of rotatable bonds is 6. The molecule has 114 valence electrons. The Kier molecular flexibility index (Phi) is 5.33. The smallest absolute Gasteiger partial charge is 0.306 e. The van der Waals surface area contributed by atoms with Gasteiger partial charge in [0.2, 0.25) is 0 Å². The van der Waals surface area contributed by atoms with Crippen LogP contribution in [0.3, 0.4) is 0 Å². The van der Waals surface area contributed by atoms with Crippen LogP contribution < -0.4 is 4.74 Å². The summed E-state index contributed by atoms with van der Waals surface area (Å²) in [5.74, 6) is 0.0869. The van der Waals surface area contributed by atoms with Gasteiger partial charge in [0.15, 0.2) is 0 Å². The normalized spacial score (nSPS) is 20.0. The van der Waals surface area contributed by atoms with Gasteiger partial charge in [0, 0.05) is 12.8 Å². The zero-order chi connectivity index (χ0) is 15.2. The number of aliphatic hydroxyl groups is 1. The van der Waals surface area contributed by atoms with Crippen LogP contribution in [-0.4, -0.2) is 28.6 Å². The first kappa shape index (κ1) is 15.5. The van der Waals surface area contributed by atoms with Crippen LogP contribution >= 0.6 is 0 Å². The van der Waals surface area contributed by atoms with Gasteiger partial charge in [-0.2, -0.15) is 0 Å². The number of aliphatic hydroxyl groups excluding tert-OH is 1. The monoisotopic (exact) mass is 292 g/mol. The minimum absolute atomic E-state index is 0.249. The molecular formula is C16H20O5. The molecule has 0 radical (unpaired) electrons. The second-order valence-electron chi connectivity index (χ2n) is 5.50. The molecule has 1 aliphatic rings. The summed E-state index contributed by atoms with van der Waals surface area (Å²) in [5.41, 5.74) is 0.523. The van der Waals surface area contributed by atoms with Crippen molar-refractivity contribution in [2.24, 2.45) is 5.92 Å². The highest BCUT2D eigenvalue weighted by Gasteiger charge is 2.20. The SMILES string of the molecule is O=C(O)CC(O)c1cccc(OCC2CCCC(=O)C2)c1. The number of hydrogen-bond donors (Lipinski definition) is 2. The van der Waals surface area contributed by atoms with E-state index in [1.807, 2.05) is 0 Å². The Morgan fingerprint density at radius 1 is 1.43 bits per heavy atom. The molecule has 1 aromatic carbocycles. The van der Waals surface area contributed by atoms with Crippen LogP contribution in [0.2, 0.25) is 0 Å². The molecule has 1 fully saturated rings. The Labute approximate surface area is 123 Å². The summed E-state index contributed by atoms with van der Waals surface area (Å²) in [5, 5.41) is 18.5. The number of aliphatic carboxylic acids is 1. The Hall–Kier alpha value is -1.88. The lowest BCUT2D eigenvalue weighted by Crippen LogP contribution is -2.20. The van der Waals surface area contributed by atoms with Crippen LogP contribution in [-0.2, 0) is 9.59 Å². The fourth-order valence-corrected chi connectivity index (χ4v) is 2.57. The molecule has 1 saturated carbocycles. The average Bonchev–Trinajstić information content (AvgIpc) is 2.45. The Bertz CT molecular complexity index is 511. The van der Waals surface area contributed by atoms with E-state index in [0.717, 1.165) is 12.8 Å². The van der Waals surface area contributed by atoms with Crippen molar-refractivity contribution < 1.29 is 24.5 Å². The average molecular weight is 292 g/mol. The highest BCUT2D eigenvalue weighted by atomic mass is 16.5.